The third-order valence-electron chi connectivity index (χ3n) is 4.26. The SMILES string of the molecule is Cc1ccc(C(c2ccc3c(c2)OCO3)N2CCNCC2)s1. The molecule has 0 radical (unpaired) electrons. The number of aryl methyl sites for hydroxylation is 1. The van der Waals surface area contributed by atoms with Crippen LogP contribution in [0.1, 0.15) is 21.4 Å². The van der Waals surface area contributed by atoms with Gasteiger partial charge in [0.1, 0.15) is 0 Å². The molecule has 0 spiro atoms. The highest BCUT2D eigenvalue weighted by Crippen LogP contribution is 2.39. The fourth-order valence-corrected chi connectivity index (χ4v) is 4.22. The second kappa shape index (κ2) is 5.91. The van der Waals surface area contributed by atoms with Crippen LogP contribution in [0.15, 0.2) is 30.3 Å². The Hall–Kier alpha value is -1.56. The highest BCUT2D eigenvalue weighted by molar-refractivity contribution is 7.12. The van der Waals surface area contributed by atoms with Gasteiger partial charge < -0.3 is 14.8 Å². The minimum atomic E-state index is 0.301. The molecule has 1 atom stereocenters. The number of nitrogens with zero attached hydrogens (tertiary/aromatic N) is 1. The molecule has 5 heteroatoms. The van der Waals surface area contributed by atoms with Crippen molar-refractivity contribution < 1.29 is 9.47 Å². The molecule has 1 fully saturated rings. The Morgan fingerprint density at radius 3 is 2.68 bits per heavy atom. The zero-order chi connectivity index (χ0) is 14.9. The predicted molar refractivity (Wildman–Crippen MR) is 87.9 cm³/mol. The maximum atomic E-state index is 5.57. The van der Waals surface area contributed by atoms with E-state index in [1.54, 1.807) is 0 Å². The van der Waals surface area contributed by atoms with E-state index in [1.165, 1.54) is 15.3 Å². The van der Waals surface area contributed by atoms with Gasteiger partial charge in [-0.25, -0.2) is 0 Å². The van der Waals surface area contributed by atoms with Crippen LogP contribution in [0.2, 0.25) is 0 Å². The summed E-state index contributed by atoms with van der Waals surface area (Å²) in [6, 6.07) is 11.1. The molecule has 2 aliphatic rings. The summed E-state index contributed by atoms with van der Waals surface area (Å²) in [4.78, 5) is 5.31. The molecule has 116 valence electrons. The van der Waals surface area contributed by atoms with E-state index in [-0.39, 0.29) is 0 Å². The molecule has 0 amide bonds. The van der Waals surface area contributed by atoms with Crippen molar-refractivity contribution in [3.8, 4) is 11.5 Å². The number of hydrogen-bond donors (Lipinski definition) is 1. The van der Waals surface area contributed by atoms with Crippen LogP contribution in [0.4, 0.5) is 0 Å². The van der Waals surface area contributed by atoms with Gasteiger partial charge >= 0.3 is 0 Å². The van der Waals surface area contributed by atoms with Gasteiger partial charge in [-0.15, -0.1) is 11.3 Å². The first-order valence-electron chi connectivity index (χ1n) is 7.72. The summed E-state index contributed by atoms with van der Waals surface area (Å²) in [5.41, 5.74) is 1.29. The Balaban J connectivity index is 1.72. The third kappa shape index (κ3) is 2.60. The number of benzene rings is 1. The van der Waals surface area contributed by atoms with Crippen molar-refractivity contribution in [1.29, 1.82) is 0 Å². The topological polar surface area (TPSA) is 33.7 Å². The smallest absolute Gasteiger partial charge is 0.231 e. The van der Waals surface area contributed by atoms with E-state index < -0.39 is 0 Å². The van der Waals surface area contributed by atoms with Crippen molar-refractivity contribution >= 4 is 11.3 Å². The van der Waals surface area contributed by atoms with Gasteiger partial charge in [0.25, 0.3) is 0 Å². The molecule has 1 unspecified atom stereocenters. The number of nitrogens with one attached hydrogen (secondary N) is 1. The van der Waals surface area contributed by atoms with Crippen LogP contribution in [0.25, 0.3) is 0 Å². The van der Waals surface area contributed by atoms with Gasteiger partial charge in [0, 0.05) is 35.9 Å². The molecule has 4 rings (SSSR count). The Morgan fingerprint density at radius 2 is 1.91 bits per heavy atom. The molecule has 2 aromatic rings. The van der Waals surface area contributed by atoms with E-state index in [4.69, 9.17) is 9.47 Å². The van der Waals surface area contributed by atoms with Crippen molar-refractivity contribution in [2.24, 2.45) is 0 Å². The third-order valence-corrected chi connectivity index (χ3v) is 5.31. The summed E-state index contributed by atoms with van der Waals surface area (Å²) in [6.07, 6.45) is 0. The Kier molecular flexibility index (Phi) is 3.78. The standard InChI is InChI=1S/C17H20N2O2S/c1-12-2-5-16(22-12)17(19-8-6-18-7-9-19)13-3-4-14-15(10-13)21-11-20-14/h2-5,10,17-18H,6-9,11H2,1H3. The van der Waals surface area contributed by atoms with Crippen LogP contribution in [-0.4, -0.2) is 37.9 Å². The molecule has 1 aromatic heterocycles. The maximum Gasteiger partial charge on any atom is 0.231 e. The van der Waals surface area contributed by atoms with Crippen molar-refractivity contribution in [2.45, 2.75) is 13.0 Å². The highest BCUT2D eigenvalue weighted by atomic mass is 32.1. The predicted octanol–water partition coefficient (Wildman–Crippen LogP) is 2.78. The lowest BCUT2D eigenvalue weighted by Crippen LogP contribution is -2.45. The van der Waals surface area contributed by atoms with Gasteiger partial charge in [0.2, 0.25) is 6.79 Å². The Labute approximate surface area is 134 Å². The molecule has 1 saturated heterocycles. The van der Waals surface area contributed by atoms with Crippen LogP contribution in [0.3, 0.4) is 0 Å². The van der Waals surface area contributed by atoms with E-state index in [9.17, 15) is 0 Å². The number of ether oxygens (including phenoxy) is 2. The van der Waals surface area contributed by atoms with Crippen molar-refractivity contribution in [2.75, 3.05) is 33.0 Å². The number of thiophene rings is 1. The summed E-state index contributed by atoms with van der Waals surface area (Å²) in [6.45, 7) is 6.72. The van der Waals surface area contributed by atoms with Gasteiger partial charge in [-0.05, 0) is 36.8 Å². The summed E-state index contributed by atoms with van der Waals surface area (Å²) >= 11 is 1.88. The average Bonchev–Trinajstić information content (AvgIpc) is 3.17. The van der Waals surface area contributed by atoms with Crippen LogP contribution >= 0.6 is 11.3 Å². The van der Waals surface area contributed by atoms with E-state index in [2.05, 4.69) is 41.4 Å². The average molecular weight is 316 g/mol. The number of piperazine rings is 1. The van der Waals surface area contributed by atoms with Gasteiger partial charge in [-0.2, -0.15) is 0 Å². The molecular formula is C17H20N2O2S. The van der Waals surface area contributed by atoms with Gasteiger partial charge in [-0.3, -0.25) is 4.90 Å². The molecular weight excluding hydrogens is 296 g/mol. The lowest BCUT2D eigenvalue weighted by molar-refractivity contribution is 0.173. The Bertz CT molecular complexity index is 664. The number of hydrogen-bond acceptors (Lipinski definition) is 5. The second-order valence-electron chi connectivity index (χ2n) is 5.75. The molecule has 1 aromatic carbocycles. The van der Waals surface area contributed by atoms with Crippen LogP contribution in [-0.2, 0) is 0 Å². The summed E-state index contributed by atoms with van der Waals surface area (Å²) in [5.74, 6) is 1.72. The highest BCUT2D eigenvalue weighted by Gasteiger charge is 2.26. The van der Waals surface area contributed by atoms with Crippen LogP contribution in [0.5, 0.6) is 11.5 Å². The van der Waals surface area contributed by atoms with Crippen molar-refractivity contribution in [1.82, 2.24) is 10.2 Å². The molecule has 0 aliphatic carbocycles. The molecule has 1 N–H and O–H groups in total. The second-order valence-corrected chi connectivity index (χ2v) is 7.07. The first-order chi connectivity index (χ1) is 10.8. The fraction of sp³-hybridized carbons (Fsp3) is 0.412. The monoisotopic (exact) mass is 316 g/mol. The zero-order valence-corrected chi connectivity index (χ0v) is 13.5. The Morgan fingerprint density at radius 1 is 1.09 bits per heavy atom. The van der Waals surface area contributed by atoms with Crippen molar-refractivity contribution in [3.05, 3.63) is 45.6 Å². The lowest BCUT2D eigenvalue weighted by atomic mass is 10.0. The first-order valence-corrected chi connectivity index (χ1v) is 8.53. The minimum absolute atomic E-state index is 0.301. The van der Waals surface area contributed by atoms with Crippen LogP contribution < -0.4 is 14.8 Å². The van der Waals surface area contributed by atoms with E-state index in [0.29, 0.717) is 12.8 Å². The lowest BCUT2D eigenvalue weighted by Gasteiger charge is -2.34. The first kappa shape index (κ1) is 14.1. The minimum Gasteiger partial charge on any atom is -0.454 e. The normalized spacial score (nSPS) is 19.3. The van der Waals surface area contributed by atoms with E-state index in [1.807, 2.05) is 17.4 Å². The number of rotatable bonds is 3. The summed E-state index contributed by atoms with van der Waals surface area (Å²) in [5, 5.41) is 3.44. The molecule has 4 nitrogen and oxygen atoms in total. The van der Waals surface area contributed by atoms with Gasteiger partial charge in [-0.1, -0.05) is 6.07 Å². The summed E-state index contributed by atoms with van der Waals surface area (Å²) < 4.78 is 11.0. The molecule has 2 aliphatic heterocycles. The molecule has 0 saturated carbocycles. The molecule has 0 bridgehead atoms. The maximum absolute atomic E-state index is 5.57. The fourth-order valence-electron chi connectivity index (χ4n) is 3.18. The summed E-state index contributed by atoms with van der Waals surface area (Å²) in [7, 11) is 0. The van der Waals surface area contributed by atoms with E-state index >= 15 is 0 Å². The largest absolute Gasteiger partial charge is 0.454 e. The molecule has 22 heavy (non-hydrogen) atoms. The van der Waals surface area contributed by atoms with Gasteiger partial charge in [0.15, 0.2) is 11.5 Å². The zero-order valence-electron chi connectivity index (χ0n) is 12.7. The van der Waals surface area contributed by atoms with Crippen molar-refractivity contribution in [3.63, 3.8) is 0 Å². The van der Waals surface area contributed by atoms with Crippen LogP contribution in [0, 0.1) is 6.92 Å². The van der Waals surface area contributed by atoms with Gasteiger partial charge in [0.05, 0.1) is 6.04 Å². The number of fused-ring (bicyclic) bond motifs is 1. The van der Waals surface area contributed by atoms with E-state index in [0.717, 1.165) is 37.7 Å². The molecule has 3 heterocycles. The quantitative estimate of drug-likeness (QED) is 0.944.